The van der Waals surface area contributed by atoms with Crippen molar-refractivity contribution in [1.29, 1.82) is 0 Å². The number of morpholine rings is 1. The van der Waals surface area contributed by atoms with Crippen LogP contribution in [-0.4, -0.2) is 42.3 Å². The quantitative estimate of drug-likeness (QED) is 0.793. The Kier molecular flexibility index (Phi) is 4.70. The Labute approximate surface area is 102 Å². The summed E-state index contributed by atoms with van der Waals surface area (Å²) in [7, 11) is 0. The van der Waals surface area contributed by atoms with E-state index in [-0.39, 0.29) is 0 Å². The van der Waals surface area contributed by atoms with E-state index in [1.54, 1.807) is 0 Å². The van der Waals surface area contributed by atoms with E-state index in [4.69, 9.17) is 4.74 Å². The predicted molar refractivity (Wildman–Crippen MR) is 67.1 cm³/mol. The van der Waals surface area contributed by atoms with Crippen molar-refractivity contribution in [2.75, 3.05) is 31.6 Å². The van der Waals surface area contributed by atoms with Crippen LogP contribution in [0.15, 0.2) is 12.4 Å². The second-order valence-corrected chi connectivity index (χ2v) is 4.18. The molecule has 1 aliphatic rings. The van der Waals surface area contributed by atoms with Gasteiger partial charge in [0.2, 0.25) is 5.95 Å². The van der Waals surface area contributed by atoms with Gasteiger partial charge < -0.3 is 15.4 Å². The molecule has 0 bridgehead atoms. The Morgan fingerprint density at radius 2 is 2.29 bits per heavy atom. The highest BCUT2D eigenvalue weighted by Crippen LogP contribution is 2.04. The zero-order chi connectivity index (χ0) is 11.9. The second kappa shape index (κ2) is 6.51. The Morgan fingerprint density at radius 1 is 1.47 bits per heavy atom. The molecule has 2 heterocycles. The maximum Gasteiger partial charge on any atom is 0.222 e. The van der Waals surface area contributed by atoms with Gasteiger partial charge in [0.1, 0.15) is 0 Å². The van der Waals surface area contributed by atoms with E-state index in [2.05, 4.69) is 27.5 Å². The zero-order valence-corrected chi connectivity index (χ0v) is 10.3. The Morgan fingerprint density at radius 3 is 2.94 bits per heavy atom. The molecule has 1 aromatic heterocycles. The van der Waals surface area contributed by atoms with Gasteiger partial charge in [0.05, 0.1) is 12.7 Å². The maximum absolute atomic E-state index is 5.61. The minimum atomic E-state index is 0.311. The normalized spacial score (nSPS) is 20.2. The monoisotopic (exact) mass is 236 g/mol. The lowest BCUT2D eigenvalue weighted by Crippen LogP contribution is -2.39. The third kappa shape index (κ3) is 3.94. The third-order valence-corrected chi connectivity index (χ3v) is 2.87. The first kappa shape index (κ1) is 12.3. The van der Waals surface area contributed by atoms with Crippen LogP contribution >= 0.6 is 0 Å². The Hall–Kier alpha value is -1.20. The first-order valence-corrected chi connectivity index (χ1v) is 6.25. The van der Waals surface area contributed by atoms with Gasteiger partial charge in [-0.3, -0.25) is 0 Å². The molecule has 0 saturated carbocycles. The van der Waals surface area contributed by atoms with Gasteiger partial charge in [-0.15, -0.1) is 0 Å². The third-order valence-electron chi connectivity index (χ3n) is 2.87. The van der Waals surface area contributed by atoms with Crippen molar-refractivity contribution in [2.24, 2.45) is 0 Å². The van der Waals surface area contributed by atoms with E-state index in [0.29, 0.717) is 12.1 Å². The van der Waals surface area contributed by atoms with Gasteiger partial charge in [-0.05, 0) is 18.4 Å². The first-order chi connectivity index (χ1) is 8.38. The molecule has 0 spiro atoms. The van der Waals surface area contributed by atoms with Crippen LogP contribution in [0.4, 0.5) is 5.95 Å². The van der Waals surface area contributed by atoms with Gasteiger partial charge in [-0.1, -0.05) is 6.92 Å². The maximum atomic E-state index is 5.61. The summed E-state index contributed by atoms with van der Waals surface area (Å²) >= 11 is 0. The van der Waals surface area contributed by atoms with Gasteiger partial charge in [-0.2, -0.15) is 0 Å². The van der Waals surface area contributed by atoms with Crippen molar-refractivity contribution >= 4 is 5.95 Å². The molecule has 1 aromatic rings. The van der Waals surface area contributed by atoms with Gasteiger partial charge in [0.15, 0.2) is 0 Å². The summed E-state index contributed by atoms with van der Waals surface area (Å²) in [5, 5.41) is 6.53. The zero-order valence-electron chi connectivity index (χ0n) is 10.3. The summed E-state index contributed by atoms with van der Waals surface area (Å²) in [5.74, 6) is 0.700. The van der Waals surface area contributed by atoms with Crippen LogP contribution in [0.5, 0.6) is 0 Å². The summed E-state index contributed by atoms with van der Waals surface area (Å²) in [4.78, 5) is 8.51. The fourth-order valence-corrected chi connectivity index (χ4v) is 1.78. The fourth-order valence-electron chi connectivity index (χ4n) is 1.78. The first-order valence-electron chi connectivity index (χ1n) is 6.25. The molecule has 1 fully saturated rings. The summed E-state index contributed by atoms with van der Waals surface area (Å²) in [5.41, 5.74) is 1.16. The lowest BCUT2D eigenvalue weighted by Gasteiger charge is -2.23. The van der Waals surface area contributed by atoms with E-state index in [1.165, 1.54) is 0 Å². The van der Waals surface area contributed by atoms with E-state index in [1.807, 2.05) is 12.4 Å². The molecule has 2 rings (SSSR count). The van der Waals surface area contributed by atoms with E-state index >= 15 is 0 Å². The molecule has 1 aliphatic heterocycles. The van der Waals surface area contributed by atoms with E-state index in [0.717, 1.165) is 44.6 Å². The fraction of sp³-hybridized carbons (Fsp3) is 0.667. The van der Waals surface area contributed by atoms with Crippen LogP contribution < -0.4 is 10.6 Å². The number of rotatable bonds is 5. The molecule has 1 saturated heterocycles. The lowest BCUT2D eigenvalue weighted by molar-refractivity contribution is 0.0258. The smallest absolute Gasteiger partial charge is 0.222 e. The number of hydrogen-bond donors (Lipinski definition) is 2. The molecule has 94 valence electrons. The molecule has 5 heteroatoms. The number of ether oxygens (including phenoxy) is 1. The van der Waals surface area contributed by atoms with Crippen molar-refractivity contribution < 1.29 is 4.74 Å². The Balaban J connectivity index is 1.69. The highest BCUT2D eigenvalue weighted by atomic mass is 16.5. The minimum Gasteiger partial charge on any atom is -0.376 e. The largest absolute Gasteiger partial charge is 0.376 e. The molecule has 0 aromatic carbocycles. The average molecular weight is 236 g/mol. The molecule has 0 radical (unpaired) electrons. The van der Waals surface area contributed by atoms with Crippen molar-refractivity contribution in [2.45, 2.75) is 25.9 Å². The van der Waals surface area contributed by atoms with Gasteiger partial charge >= 0.3 is 0 Å². The Bertz CT molecular complexity index is 322. The molecule has 0 aliphatic carbocycles. The summed E-state index contributed by atoms with van der Waals surface area (Å²) in [6.07, 6.45) is 6.00. The van der Waals surface area contributed by atoms with Crippen molar-refractivity contribution in [3.05, 3.63) is 18.0 Å². The second-order valence-electron chi connectivity index (χ2n) is 4.18. The van der Waals surface area contributed by atoms with Crippen LogP contribution in [0.2, 0.25) is 0 Å². The molecule has 1 unspecified atom stereocenters. The number of aryl methyl sites for hydroxylation is 1. The molecule has 5 nitrogen and oxygen atoms in total. The molecule has 1 atom stereocenters. The van der Waals surface area contributed by atoms with Crippen molar-refractivity contribution in [3.63, 3.8) is 0 Å². The van der Waals surface area contributed by atoms with Gasteiger partial charge in [0.25, 0.3) is 0 Å². The van der Waals surface area contributed by atoms with Crippen LogP contribution in [0.1, 0.15) is 18.9 Å². The van der Waals surface area contributed by atoms with Crippen molar-refractivity contribution in [3.8, 4) is 0 Å². The molecule has 0 amide bonds. The van der Waals surface area contributed by atoms with Crippen LogP contribution in [0, 0.1) is 0 Å². The van der Waals surface area contributed by atoms with Gasteiger partial charge in [0, 0.05) is 32.0 Å². The highest BCUT2D eigenvalue weighted by molar-refractivity contribution is 5.24. The van der Waals surface area contributed by atoms with Crippen LogP contribution in [0.3, 0.4) is 0 Å². The lowest BCUT2D eigenvalue weighted by atomic mass is 10.2. The molecule has 17 heavy (non-hydrogen) atoms. The average Bonchev–Trinajstić information content (AvgIpc) is 2.41. The number of nitrogens with zero attached hydrogens (tertiary/aromatic N) is 2. The van der Waals surface area contributed by atoms with Crippen LogP contribution in [-0.2, 0) is 11.2 Å². The summed E-state index contributed by atoms with van der Waals surface area (Å²) in [6, 6.07) is 0. The number of anilines is 1. The van der Waals surface area contributed by atoms with Gasteiger partial charge in [-0.25, -0.2) is 9.97 Å². The minimum absolute atomic E-state index is 0.311. The molecular formula is C12H20N4O. The molecule has 2 N–H and O–H groups in total. The highest BCUT2D eigenvalue weighted by Gasteiger charge is 2.12. The van der Waals surface area contributed by atoms with E-state index < -0.39 is 0 Å². The van der Waals surface area contributed by atoms with E-state index in [9.17, 15) is 0 Å². The van der Waals surface area contributed by atoms with Crippen molar-refractivity contribution in [1.82, 2.24) is 15.3 Å². The topological polar surface area (TPSA) is 59.1 Å². The number of hydrogen-bond acceptors (Lipinski definition) is 5. The summed E-state index contributed by atoms with van der Waals surface area (Å²) < 4.78 is 5.61. The number of nitrogens with one attached hydrogen (secondary N) is 2. The number of aromatic nitrogens is 2. The van der Waals surface area contributed by atoms with Crippen LogP contribution in [0.25, 0.3) is 0 Å². The summed E-state index contributed by atoms with van der Waals surface area (Å²) in [6.45, 7) is 5.66. The predicted octanol–water partition coefficient (Wildman–Crippen LogP) is 0.829. The molecular weight excluding hydrogens is 216 g/mol. The SMILES string of the molecule is CCc1cnc(NCCC2CNCCO2)nc1. The standard InChI is InChI=1S/C12H20N4O/c1-2-10-7-15-12(16-8-10)14-4-3-11-9-13-5-6-17-11/h7-8,11,13H,2-6,9H2,1H3,(H,14,15,16).